The first-order valence-electron chi connectivity index (χ1n) is 9.60. The largest absolute Gasteiger partial charge is 0.382 e. The number of aryl methyl sites for hydroxylation is 1. The molecule has 0 aromatic heterocycles. The Bertz CT molecular complexity index is 913. The monoisotopic (exact) mass is 402 g/mol. The summed E-state index contributed by atoms with van der Waals surface area (Å²) in [5.41, 5.74) is 2.30. The molecule has 150 valence electrons. The predicted molar refractivity (Wildman–Crippen MR) is 109 cm³/mol. The summed E-state index contributed by atoms with van der Waals surface area (Å²) in [6.07, 6.45) is 2.18. The molecule has 1 aliphatic rings. The number of rotatable bonds is 8. The molecule has 0 bridgehead atoms. The first-order chi connectivity index (χ1) is 13.5. The summed E-state index contributed by atoms with van der Waals surface area (Å²) in [5.74, 6) is -0.0637. The van der Waals surface area contributed by atoms with Crippen LogP contribution < -0.4 is 9.62 Å². The van der Waals surface area contributed by atoms with E-state index in [0.29, 0.717) is 38.3 Å². The van der Waals surface area contributed by atoms with Crippen molar-refractivity contribution >= 4 is 21.6 Å². The summed E-state index contributed by atoms with van der Waals surface area (Å²) in [6.45, 7) is 4.01. The summed E-state index contributed by atoms with van der Waals surface area (Å²) in [4.78, 5) is 14.8. The molecule has 1 N–H and O–H groups in total. The first kappa shape index (κ1) is 20.5. The highest BCUT2D eigenvalue weighted by Gasteiger charge is 2.25. The molecule has 0 unspecified atom stereocenters. The van der Waals surface area contributed by atoms with Crippen molar-refractivity contribution in [3.63, 3.8) is 0 Å². The number of benzene rings is 2. The zero-order chi connectivity index (χ0) is 20.0. The van der Waals surface area contributed by atoms with E-state index in [-0.39, 0.29) is 10.8 Å². The molecule has 0 radical (unpaired) electrons. The fraction of sp³-hybridized carbons (Fsp3) is 0.381. The molecular weight excluding hydrogens is 376 g/mol. The molecule has 1 amide bonds. The van der Waals surface area contributed by atoms with Crippen molar-refractivity contribution < 1.29 is 17.9 Å². The molecule has 1 heterocycles. The smallest absolute Gasteiger partial charge is 0.258 e. The Morgan fingerprint density at radius 1 is 1.18 bits per heavy atom. The molecule has 0 fully saturated rings. The van der Waals surface area contributed by atoms with Gasteiger partial charge >= 0.3 is 0 Å². The van der Waals surface area contributed by atoms with Crippen LogP contribution in [0.5, 0.6) is 0 Å². The van der Waals surface area contributed by atoms with E-state index in [1.807, 2.05) is 25.1 Å². The molecular formula is C21H26N2O4S. The van der Waals surface area contributed by atoms with Crippen LogP contribution in [0.25, 0.3) is 0 Å². The fourth-order valence-electron chi connectivity index (χ4n) is 3.30. The Hall–Kier alpha value is -2.22. The number of sulfonamides is 1. The van der Waals surface area contributed by atoms with Gasteiger partial charge in [-0.25, -0.2) is 13.1 Å². The number of nitrogens with one attached hydrogen (secondary N) is 1. The van der Waals surface area contributed by atoms with Gasteiger partial charge in [-0.1, -0.05) is 18.2 Å². The SMILES string of the molecule is CCOCCCNS(=O)(=O)c1ccc2c(c1)CCCN2C(=O)c1ccccc1. The zero-order valence-corrected chi connectivity index (χ0v) is 16.9. The highest BCUT2D eigenvalue weighted by Crippen LogP contribution is 2.30. The van der Waals surface area contributed by atoms with Crippen LogP contribution in [0.3, 0.4) is 0 Å². The number of fused-ring (bicyclic) bond motifs is 1. The maximum atomic E-state index is 12.9. The molecule has 6 nitrogen and oxygen atoms in total. The Kier molecular flexibility index (Phi) is 6.83. The second-order valence-electron chi connectivity index (χ2n) is 6.67. The first-order valence-corrected chi connectivity index (χ1v) is 11.1. The minimum absolute atomic E-state index is 0.0637. The molecule has 0 saturated carbocycles. The van der Waals surface area contributed by atoms with Gasteiger partial charge in [0.05, 0.1) is 4.90 Å². The third-order valence-corrected chi connectivity index (χ3v) is 6.17. The van der Waals surface area contributed by atoms with Crippen LogP contribution in [0.1, 0.15) is 35.7 Å². The van der Waals surface area contributed by atoms with Crippen molar-refractivity contribution in [1.29, 1.82) is 0 Å². The minimum Gasteiger partial charge on any atom is -0.382 e. The van der Waals surface area contributed by atoms with Gasteiger partial charge in [0, 0.05) is 37.6 Å². The normalized spacial score (nSPS) is 14.0. The summed E-state index contributed by atoms with van der Waals surface area (Å²) in [5, 5.41) is 0. The Labute approximate surface area is 166 Å². The van der Waals surface area contributed by atoms with Crippen LogP contribution in [0, 0.1) is 0 Å². The van der Waals surface area contributed by atoms with Crippen molar-refractivity contribution in [1.82, 2.24) is 4.72 Å². The number of ether oxygens (including phenoxy) is 1. The lowest BCUT2D eigenvalue weighted by atomic mass is 10.0. The van der Waals surface area contributed by atoms with Gasteiger partial charge in [-0.2, -0.15) is 0 Å². The topological polar surface area (TPSA) is 75.7 Å². The third-order valence-electron chi connectivity index (χ3n) is 4.71. The van der Waals surface area contributed by atoms with Gasteiger partial charge in [-0.05, 0) is 62.1 Å². The molecule has 2 aromatic rings. The van der Waals surface area contributed by atoms with Gasteiger partial charge in [0.25, 0.3) is 5.91 Å². The molecule has 0 aliphatic carbocycles. The molecule has 2 aromatic carbocycles. The van der Waals surface area contributed by atoms with E-state index < -0.39 is 10.0 Å². The van der Waals surface area contributed by atoms with Crippen LogP contribution in [-0.2, 0) is 21.2 Å². The summed E-state index contributed by atoms with van der Waals surface area (Å²) in [6, 6.07) is 14.1. The van der Waals surface area contributed by atoms with Crippen LogP contribution in [0.15, 0.2) is 53.4 Å². The standard InChI is InChI=1S/C21H26N2O4S/c1-2-27-15-7-13-22-28(25,26)19-11-12-20-18(16-19)10-6-14-23(20)21(24)17-8-4-3-5-9-17/h3-5,8-9,11-12,16,22H,2,6-7,10,13-15H2,1H3. The lowest BCUT2D eigenvalue weighted by Crippen LogP contribution is -2.35. The van der Waals surface area contributed by atoms with E-state index in [9.17, 15) is 13.2 Å². The van der Waals surface area contributed by atoms with Gasteiger partial charge in [0.2, 0.25) is 10.0 Å². The number of anilines is 1. The lowest BCUT2D eigenvalue weighted by molar-refractivity contribution is 0.0985. The van der Waals surface area contributed by atoms with Crippen LogP contribution >= 0.6 is 0 Å². The highest BCUT2D eigenvalue weighted by atomic mass is 32.2. The lowest BCUT2D eigenvalue weighted by Gasteiger charge is -2.30. The maximum absolute atomic E-state index is 12.9. The van der Waals surface area contributed by atoms with Crippen LogP contribution in [-0.4, -0.2) is 40.6 Å². The highest BCUT2D eigenvalue weighted by molar-refractivity contribution is 7.89. The number of amides is 1. The summed E-state index contributed by atoms with van der Waals surface area (Å²) < 4.78 is 32.9. The summed E-state index contributed by atoms with van der Waals surface area (Å²) >= 11 is 0. The number of carbonyl (C=O) groups excluding carboxylic acids is 1. The van der Waals surface area contributed by atoms with Crippen molar-refractivity contribution in [3.8, 4) is 0 Å². The van der Waals surface area contributed by atoms with Crippen LogP contribution in [0.4, 0.5) is 5.69 Å². The molecule has 0 spiro atoms. The summed E-state index contributed by atoms with van der Waals surface area (Å²) in [7, 11) is -3.58. The Balaban J connectivity index is 1.76. The van der Waals surface area contributed by atoms with E-state index in [1.165, 1.54) is 0 Å². The second-order valence-corrected chi connectivity index (χ2v) is 8.43. The number of nitrogens with zero attached hydrogens (tertiary/aromatic N) is 1. The fourth-order valence-corrected chi connectivity index (χ4v) is 4.42. The number of hydrogen-bond donors (Lipinski definition) is 1. The molecule has 7 heteroatoms. The van der Waals surface area contributed by atoms with E-state index in [2.05, 4.69) is 4.72 Å². The molecule has 0 saturated heterocycles. The van der Waals surface area contributed by atoms with Crippen molar-refractivity contribution in [2.24, 2.45) is 0 Å². The van der Waals surface area contributed by atoms with Gasteiger partial charge in [-0.15, -0.1) is 0 Å². The Morgan fingerprint density at radius 2 is 1.96 bits per heavy atom. The molecule has 1 aliphatic heterocycles. The van der Waals surface area contributed by atoms with E-state index in [4.69, 9.17) is 4.74 Å². The molecule has 3 rings (SSSR count). The molecule has 0 atom stereocenters. The Morgan fingerprint density at radius 3 is 2.71 bits per heavy atom. The third kappa shape index (κ3) is 4.79. The van der Waals surface area contributed by atoms with Crippen molar-refractivity contribution in [2.45, 2.75) is 31.1 Å². The number of carbonyl (C=O) groups is 1. The number of hydrogen-bond acceptors (Lipinski definition) is 4. The van der Waals surface area contributed by atoms with E-state index in [1.54, 1.807) is 35.2 Å². The maximum Gasteiger partial charge on any atom is 0.258 e. The van der Waals surface area contributed by atoms with Gasteiger partial charge < -0.3 is 9.64 Å². The van der Waals surface area contributed by atoms with Crippen molar-refractivity contribution in [2.75, 3.05) is 31.2 Å². The van der Waals surface area contributed by atoms with E-state index in [0.717, 1.165) is 24.1 Å². The average Bonchev–Trinajstić information content (AvgIpc) is 2.73. The van der Waals surface area contributed by atoms with Gasteiger partial charge in [-0.3, -0.25) is 4.79 Å². The molecule has 28 heavy (non-hydrogen) atoms. The predicted octanol–water partition coefficient (Wildman–Crippen LogP) is 2.98. The van der Waals surface area contributed by atoms with Gasteiger partial charge in [0.1, 0.15) is 0 Å². The van der Waals surface area contributed by atoms with Crippen molar-refractivity contribution in [3.05, 3.63) is 59.7 Å². The van der Waals surface area contributed by atoms with Crippen LogP contribution in [0.2, 0.25) is 0 Å². The quantitative estimate of drug-likeness (QED) is 0.689. The van der Waals surface area contributed by atoms with E-state index >= 15 is 0 Å². The minimum atomic E-state index is -3.58. The average molecular weight is 403 g/mol. The van der Waals surface area contributed by atoms with Gasteiger partial charge in [0.15, 0.2) is 0 Å². The zero-order valence-electron chi connectivity index (χ0n) is 16.1. The second kappa shape index (κ2) is 9.32.